The summed E-state index contributed by atoms with van der Waals surface area (Å²) in [6.45, 7) is 23.2. The Bertz CT molecular complexity index is 2750. The van der Waals surface area contributed by atoms with Crippen molar-refractivity contribution in [3.8, 4) is 53.8 Å². The summed E-state index contributed by atoms with van der Waals surface area (Å²) in [5, 5.41) is 24.4. The van der Waals surface area contributed by atoms with Crippen LogP contribution < -0.4 is 20.5 Å². The molecular formula is C47H50N8O4S3. The number of hydrogen-bond acceptors (Lipinski definition) is 12. The number of sulfone groups is 1. The molecule has 0 radical (unpaired) electrons. The van der Waals surface area contributed by atoms with Gasteiger partial charge in [0.05, 0.1) is 31.1 Å². The van der Waals surface area contributed by atoms with E-state index in [1.807, 2.05) is 64.1 Å². The molecule has 15 heteroatoms. The maximum atomic E-state index is 11.5. The quantitative estimate of drug-likeness (QED) is 0.114. The van der Waals surface area contributed by atoms with Gasteiger partial charge in [-0.25, -0.2) is 18.1 Å². The van der Waals surface area contributed by atoms with E-state index >= 15 is 0 Å². The lowest BCUT2D eigenvalue weighted by molar-refractivity contribution is 0.244. The van der Waals surface area contributed by atoms with Crippen molar-refractivity contribution in [3.05, 3.63) is 118 Å². The molecule has 0 saturated heterocycles. The van der Waals surface area contributed by atoms with Crippen molar-refractivity contribution >= 4 is 43.9 Å². The zero-order chi connectivity index (χ0) is 44.0. The fraction of sp³-hybridized carbons (Fsp3) is 0.362. The summed E-state index contributed by atoms with van der Waals surface area (Å²) in [7, 11) is -3.00. The molecule has 0 bridgehead atoms. The van der Waals surface area contributed by atoms with Crippen LogP contribution >= 0.6 is 22.7 Å². The van der Waals surface area contributed by atoms with Crippen LogP contribution in [0.2, 0.25) is 0 Å². The average Bonchev–Trinajstić information content (AvgIpc) is 3.95. The smallest absolute Gasteiger partial charge is 0.228 e. The highest BCUT2D eigenvalue weighted by Crippen LogP contribution is 2.42. The largest absolute Gasteiger partial charge is 0.502 e. The molecule has 0 spiro atoms. The Morgan fingerprint density at radius 3 is 1.71 bits per heavy atom. The Hall–Kier alpha value is -5.55. The van der Waals surface area contributed by atoms with Crippen LogP contribution in [0.25, 0.3) is 52.0 Å². The zero-order valence-electron chi connectivity index (χ0n) is 35.5. The van der Waals surface area contributed by atoms with Crippen LogP contribution in [0.1, 0.15) is 87.7 Å². The van der Waals surface area contributed by atoms with Crippen LogP contribution in [0, 0.1) is 13.1 Å². The molecule has 0 saturated carbocycles. The van der Waals surface area contributed by atoms with Crippen LogP contribution in [0.5, 0.6) is 11.5 Å². The number of aromatic nitrogens is 4. The molecule has 0 amide bonds. The number of nitrogens with two attached hydrogens (primary N) is 1. The SMILES string of the molecule is [C-]#[N+]c1cc(-c2nnc(-c3cccc4c3CCC[C@H]4N)s2)ccc1OC(C)C.[C-]#[N+]c1cc(-c2nnc(-c3cccc4c3CCC[C@H]4NCCS(C)(=O)=O)s2)ccc1OC(C)C. The molecule has 4 aromatic carbocycles. The van der Waals surface area contributed by atoms with E-state index in [1.165, 1.54) is 39.8 Å². The maximum Gasteiger partial charge on any atom is 0.228 e. The molecule has 62 heavy (non-hydrogen) atoms. The first-order valence-electron chi connectivity index (χ1n) is 20.8. The fourth-order valence-electron chi connectivity index (χ4n) is 7.85. The summed E-state index contributed by atoms with van der Waals surface area (Å²) in [4.78, 5) is 7.23. The van der Waals surface area contributed by atoms with Crippen LogP contribution in [-0.4, -0.2) is 59.6 Å². The molecule has 0 unspecified atom stereocenters. The number of rotatable bonds is 12. The minimum atomic E-state index is -3.00. The van der Waals surface area contributed by atoms with Gasteiger partial charge >= 0.3 is 0 Å². The van der Waals surface area contributed by atoms with E-state index in [9.17, 15) is 8.42 Å². The lowest BCUT2D eigenvalue weighted by atomic mass is 9.85. The first kappa shape index (κ1) is 44.5. The van der Waals surface area contributed by atoms with Crippen molar-refractivity contribution in [2.45, 2.75) is 90.5 Å². The highest BCUT2D eigenvalue weighted by Gasteiger charge is 2.25. The average molecular weight is 887 g/mol. The van der Waals surface area contributed by atoms with Gasteiger partial charge in [0.15, 0.2) is 0 Å². The van der Waals surface area contributed by atoms with Gasteiger partial charge < -0.3 is 20.5 Å². The Kier molecular flexibility index (Phi) is 14.1. The van der Waals surface area contributed by atoms with Gasteiger partial charge in [-0.3, -0.25) is 0 Å². The Labute approximate surface area is 372 Å². The molecule has 0 fully saturated rings. The highest BCUT2D eigenvalue weighted by molar-refractivity contribution is 7.90. The number of fused-ring (bicyclic) bond motifs is 2. The van der Waals surface area contributed by atoms with Gasteiger partial charge in [-0.1, -0.05) is 71.2 Å². The van der Waals surface area contributed by atoms with Gasteiger partial charge in [0.2, 0.25) is 11.4 Å². The molecule has 0 aliphatic heterocycles. The highest BCUT2D eigenvalue weighted by atomic mass is 32.2. The van der Waals surface area contributed by atoms with Crippen molar-refractivity contribution in [1.82, 2.24) is 25.7 Å². The minimum Gasteiger partial charge on any atom is -0.502 e. The van der Waals surface area contributed by atoms with E-state index in [2.05, 4.69) is 65.7 Å². The van der Waals surface area contributed by atoms with Gasteiger partial charge in [-0.2, -0.15) is 0 Å². The zero-order valence-corrected chi connectivity index (χ0v) is 38.0. The Morgan fingerprint density at radius 2 is 1.21 bits per heavy atom. The summed E-state index contributed by atoms with van der Waals surface area (Å²) in [6, 6.07) is 23.9. The van der Waals surface area contributed by atoms with E-state index in [0.29, 0.717) is 29.4 Å². The maximum absolute atomic E-state index is 11.5. The standard InChI is InChI=1S/C25H28N4O3S2.C22H22N4OS/c1-16(2)32-23-12-11-17(15-22(23)26-3)24-28-29-25(33-24)20-9-5-8-19-18(20)7-6-10-21(19)27-13-14-34(4,30)31;1-13(2)27-20-11-10-14(12-19(20)24-3)21-25-26-22(28-21)17-8-4-7-16-15(17)6-5-9-18(16)23/h5,8-9,11-12,15-16,21,27H,6-7,10,13-14H2,1-2,4H3;4,7-8,10-13,18H,5-6,9,23H2,1-2H3/t21-;18-/m11/s1. The predicted molar refractivity (Wildman–Crippen MR) is 249 cm³/mol. The summed E-state index contributed by atoms with van der Waals surface area (Å²) in [5.74, 6) is 1.31. The normalized spacial score (nSPS) is 15.8. The molecule has 3 N–H and O–H groups in total. The van der Waals surface area contributed by atoms with E-state index in [0.717, 1.165) is 80.8 Å². The number of benzene rings is 4. The number of nitrogens with one attached hydrogen (secondary N) is 1. The van der Waals surface area contributed by atoms with Crippen molar-refractivity contribution in [2.24, 2.45) is 5.73 Å². The topological polar surface area (TPSA) is 151 Å². The number of nitrogens with zero attached hydrogens (tertiary/aromatic N) is 6. The molecule has 2 aliphatic rings. The van der Waals surface area contributed by atoms with Gasteiger partial charge in [-0.15, -0.1) is 20.4 Å². The molecule has 2 atom stereocenters. The number of ether oxygens (including phenoxy) is 2. The van der Waals surface area contributed by atoms with E-state index in [4.69, 9.17) is 28.4 Å². The van der Waals surface area contributed by atoms with E-state index in [1.54, 1.807) is 17.4 Å². The predicted octanol–water partition coefficient (Wildman–Crippen LogP) is 10.8. The lowest BCUT2D eigenvalue weighted by Gasteiger charge is -2.28. The summed E-state index contributed by atoms with van der Waals surface area (Å²) in [6.07, 6.45) is 7.39. The van der Waals surface area contributed by atoms with Gasteiger partial charge in [0.1, 0.15) is 41.4 Å². The molecule has 8 rings (SSSR count). The molecular weight excluding hydrogens is 837 g/mol. The molecule has 320 valence electrons. The summed E-state index contributed by atoms with van der Waals surface area (Å²) >= 11 is 3.05. The van der Waals surface area contributed by atoms with Crippen LogP contribution in [-0.2, 0) is 22.7 Å². The second-order valence-corrected chi connectivity index (χ2v) is 20.2. The Balaban J connectivity index is 0.000000190. The third kappa shape index (κ3) is 10.5. The van der Waals surface area contributed by atoms with Crippen LogP contribution in [0.4, 0.5) is 11.4 Å². The van der Waals surface area contributed by atoms with E-state index < -0.39 is 9.84 Å². The van der Waals surface area contributed by atoms with E-state index in [-0.39, 0.29) is 30.0 Å². The summed E-state index contributed by atoms with van der Waals surface area (Å²) < 4.78 is 34.5. The van der Waals surface area contributed by atoms with Crippen LogP contribution in [0.3, 0.4) is 0 Å². The third-order valence-electron chi connectivity index (χ3n) is 10.6. The monoisotopic (exact) mass is 886 g/mol. The second kappa shape index (κ2) is 19.7. The van der Waals surface area contributed by atoms with Crippen molar-refractivity contribution in [3.63, 3.8) is 0 Å². The molecule has 2 heterocycles. The van der Waals surface area contributed by atoms with Crippen molar-refractivity contribution in [1.29, 1.82) is 0 Å². The minimum absolute atomic E-state index is 0.00608. The van der Waals surface area contributed by atoms with Gasteiger partial charge in [-0.05, 0) is 113 Å². The fourth-order valence-corrected chi connectivity index (χ4v) is 10.1. The lowest BCUT2D eigenvalue weighted by Crippen LogP contribution is -2.29. The molecule has 12 nitrogen and oxygen atoms in total. The van der Waals surface area contributed by atoms with Gasteiger partial charge in [0, 0.05) is 47.1 Å². The second-order valence-electron chi connectivity index (χ2n) is 16.0. The molecule has 2 aromatic heterocycles. The number of hydrogen-bond donors (Lipinski definition) is 2. The van der Waals surface area contributed by atoms with Crippen molar-refractivity contribution in [2.75, 3.05) is 18.6 Å². The Morgan fingerprint density at radius 1 is 0.726 bits per heavy atom. The first-order valence-corrected chi connectivity index (χ1v) is 24.5. The molecule has 6 aromatic rings. The van der Waals surface area contributed by atoms with Crippen molar-refractivity contribution < 1.29 is 17.9 Å². The first-order chi connectivity index (χ1) is 29.8. The molecule has 2 aliphatic carbocycles. The third-order valence-corrected chi connectivity index (χ3v) is 13.6. The van der Waals surface area contributed by atoms with Gasteiger partial charge in [0.25, 0.3) is 0 Å². The van der Waals surface area contributed by atoms with Crippen LogP contribution in [0.15, 0.2) is 72.8 Å². The summed E-state index contributed by atoms with van der Waals surface area (Å²) in [5.41, 5.74) is 16.2.